The van der Waals surface area contributed by atoms with Gasteiger partial charge in [0.2, 0.25) is 5.56 Å². The van der Waals surface area contributed by atoms with Gasteiger partial charge in [-0.25, -0.2) is 4.79 Å². The van der Waals surface area contributed by atoms with Gasteiger partial charge in [-0.15, -0.1) is 0 Å². The summed E-state index contributed by atoms with van der Waals surface area (Å²) < 4.78 is 0. The molecular formula is C11H12N2O5. The summed E-state index contributed by atoms with van der Waals surface area (Å²) in [5.41, 5.74) is -0.155. The van der Waals surface area contributed by atoms with Gasteiger partial charge in [-0.05, 0) is 6.07 Å². The molecule has 3 N–H and O–H groups in total. The quantitative estimate of drug-likeness (QED) is 0.627. The maximum absolute atomic E-state index is 12.0. The minimum atomic E-state index is -1.15. The van der Waals surface area contributed by atoms with E-state index < -0.39 is 24.0 Å². The molecular weight excluding hydrogens is 240 g/mol. The number of nitrogens with one attached hydrogen (secondary N) is 1. The Labute approximate surface area is 102 Å². The number of aliphatic hydroxyl groups is 1. The van der Waals surface area contributed by atoms with E-state index in [2.05, 4.69) is 4.98 Å². The number of aliphatic hydroxyl groups excluding tert-OH is 1. The molecule has 7 nitrogen and oxygen atoms in total. The van der Waals surface area contributed by atoms with Gasteiger partial charge in [0, 0.05) is 25.2 Å². The minimum absolute atomic E-state index is 0.0183. The number of hydrogen-bond acceptors (Lipinski definition) is 4. The largest absolute Gasteiger partial charge is 0.480 e. The average Bonchev–Trinajstić information content (AvgIpc) is 2.71. The fourth-order valence-corrected chi connectivity index (χ4v) is 1.98. The predicted octanol–water partition coefficient (Wildman–Crippen LogP) is -0.965. The standard InChI is InChI=1S/C11H12N2O5/c14-7-3-8(11(17)18)13(5-7)10(16)6-1-2-9(15)12-4-6/h1-2,4,7-8,14H,3,5H2,(H,12,15)(H,17,18)/t7-,8-/m1/s1. The van der Waals surface area contributed by atoms with E-state index in [1.54, 1.807) is 0 Å². The second kappa shape index (κ2) is 4.61. The van der Waals surface area contributed by atoms with Crippen molar-refractivity contribution in [3.05, 3.63) is 34.2 Å². The molecule has 0 aromatic carbocycles. The minimum Gasteiger partial charge on any atom is -0.480 e. The van der Waals surface area contributed by atoms with E-state index >= 15 is 0 Å². The van der Waals surface area contributed by atoms with Gasteiger partial charge >= 0.3 is 5.97 Å². The molecule has 1 amide bonds. The number of nitrogens with zero attached hydrogens (tertiary/aromatic N) is 1. The molecule has 1 aromatic rings. The third-order valence-electron chi connectivity index (χ3n) is 2.86. The summed E-state index contributed by atoms with van der Waals surface area (Å²) in [6, 6.07) is 1.49. The zero-order valence-corrected chi connectivity index (χ0v) is 9.37. The Hall–Kier alpha value is -2.15. The highest BCUT2D eigenvalue weighted by Gasteiger charge is 2.39. The third-order valence-corrected chi connectivity index (χ3v) is 2.86. The lowest BCUT2D eigenvalue weighted by Crippen LogP contribution is -2.40. The van der Waals surface area contributed by atoms with Crippen LogP contribution in [0.4, 0.5) is 0 Å². The SMILES string of the molecule is O=C(O)[C@H]1C[C@@H](O)CN1C(=O)c1ccc(=O)[nH]c1. The lowest BCUT2D eigenvalue weighted by atomic mass is 10.2. The van der Waals surface area contributed by atoms with Gasteiger partial charge in [-0.1, -0.05) is 0 Å². The van der Waals surface area contributed by atoms with Crippen LogP contribution in [-0.2, 0) is 4.79 Å². The van der Waals surface area contributed by atoms with Crippen molar-refractivity contribution in [3.63, 3.8) is 0 Å². The first-order chi connectivity index (χ1) is 8.49. The average molecular weight is 252 g/mol. The van der Waals surface area contributed by atoms with Crippen molar-refractivity contribution in [1.29, 1.82) is 0 Å². The summed E-state index contributed by atoms with van der Waals surface area (Å²) >= 11 is 0. The van der Waals surface area contributed by atoms with E-state index in [0.717, 1.165) is 4.90 Å². The normalized spacial score (nSPS) is 23.1. The zero-order valence-electron chi connectivity index (χ0n) is 9.37. The van der Waals surface area contributed by atoms with Crippen molar-refractivity contribution in [1.82, 2.24) is 9.88 Å². The maximum atomic E-state index is 12.0. The molecule has 2 rings (SSSR count). The molecule has 0 radical (unpaired) electrons. The number of aromatic nitrogens is 1. The van der Waals surface area contributed by atoms with Gasteiger partial charge in [0.1, 0.15) is 6.04 Å². The summed E-state index contributed by atoms with van der Waals surface area (Å²) in [6.45, 7) is -0.0189. The first-order valence-corrected chi connectivity index (χ1v) is 5.39. The number of carbonyl (C=O) groups excluding carboxylic acids is 1. The van der Waals surface area contributed by atoms with Gasteiger partial charge in [0.15, 0.2) is 0 Å². The van der Waals surface area contributed by atoms with Crippen molar-refractivity contribution < 1.29 is 19.8 Å². The first-order valence-electron chi connectivity index (χ1n) is 5.39. The van der Waals surface area contributed by atoms with Crippen LogP contribution >= 0.6 is 0 Å². The van der Waals surface area contributed by atoms with Gasteiger partial charge in [0.05, 0.1) is 11.7 Å². The van der Waals surface area contributed by atoms with E-state index in [1.165, 1.54) is 18.3 Å². The van der Waals surface area contributed by atoms with E-state index in [0.29, 0.717) is 0 Å². The number of pyridine rings is 1. The van der Waals surface area contributed by atoms with Crippen molar-refractivity contribution in [2.24, 2.45) is 0 Å². The number of H-pyrrole nitrogens is 1. The van der Waals surface area contributed by atoms with Crippen molar-refractivity contribution in [2.45, 2.75) is 18.6 Å². The van der Waals surface area contributed by atoms with Gasteiger partial charge < -0.3 is 20.1 Å². The van der Waals surface area contributed by atoms with E-state index in [9.17, 15) is 19.5 Å². The van der Waals surface area contributed by atoms with Crippen molar-refractivity contribution >= 4 is 11.9 Å². The molecule has 2 atom stereocenters. The zero-order chi connectivity index (χ0) is 13.3. The van der Waals surface area contributed by atoms with Crippen LogP contribution < -0.4 is 5.56 Å². The second-order valence-electron chi connectivity index (χ2n) is 4.14. The monoisotopic (exact) mass is 252 g/mol. The molecule has 0 bridgehead atoms. The van der Waals surface area contributed by atoms with Crippen molar-refractivity contribution in [2.75, 3.05) is 6.54 Å². The van der Waals surface area contributed by atoms with Crippen LogP contribution in [-0.4, -0.2) is 50.7 Å². The molecule has 1 aromatic heterocycles. The number of carboxylic acid groups (broad SMARTS) is 1. The molecule has 1 fully saturated rings. The Bertz CT molecular complexity index is 518. The highest BCUT2D eigenvalue weighted by Crippen LogP contribution is 2.20. The fraction of sp³-hybridized carbons (Fsp3) is 0.364. The van der Waals surface area contributed by atoms with Crippen LogP contribution in [0.2, 0.25) is 0 Å². The number of aromatic amines is 1. The molecule has 0 unspecified atom stereocenters. The molecule has 0 spiro atoms. The second-order valence-corrected chi connectivity index (χ2v) is 4.14. The summed E-state index contributed by atoms with van der Waals surface area (Å²) in [7, 11) is 0. The first kappa shape index (κ1) is 12.3. The fourth-order valence-electron chi connectivity index (χ4n) is 1.98. The maximum Gasteiger partial charge on any atom is 0.326 e. The highest BCUT2D eigenvalue weighted by atomic mass is 16.4. The van der Waals surface area contributed by atoms with Crippen LogP contribution in [0.25, 0.3) is 0 Å². The Morgan fingerprint density at radius 3 is 2.67 bits per heavy atom. The van der Waals surface area contributed by atoms with Gasteiger partial charge in [0.25, 0.3) is 5.91 Å². The van der Waals surface area contributed by atoms with Crippen LogP contribution in [0.5, 0.6) is 0 Å². The number of likely N-dealkylation sites (tertiary alicyclic amines) is 1. The number of carboxylic acids is 1. The summed E-state index contributed by atoms with van der Waals surface area (Å²) in [6.07, 6.45) is 0.413. The summed E-state index contributed by atoms with van der Waals surface area (Å²) in [5, 5.41) is 18.4. The number of β-amino-alcohol motifs (C(OH)–C–C–N with tert-alkyl or cyclic N) is 1. The summed E-state index contributed by atoms with van der Waals surface area (Å²) in [5.74, 6) is -1.67. The Morgan fingerprint density at radius 2 is 2.11 bits per heavy atom. The molecule has 18 heavy (non-hydrogen) atoms. The molecule has 2 heterocycles. The van der Waals surface area contributed by atoms with Crippen LogP contribution in [0, 0.1) is 0 Å². The molecule has 0 aliphatic carbocycles. The van der Waals surface area contributed by atoms with E-state index in [1.807, 2.05) is 0 Å². The molecule has 0 saturated carbocycles. The number of rotatable bonds is 2. The highest BCUT2D eigenvalue weighted by molar-refractivity contribution is 5.96. The molecule has 7 heteroatoms. The molecule has 1 aliphatic rings. The Morgan fingerprint density at radius 1 is 1.39 bits per heavy atom. The molecule has 96 valence electrons. The number of carbonyl (C=O) groups is 2. The van der Waals surface area contributed by atoms with Crippen LogP contribution in [0.3, 0.4) is 0 Å². The van der Waals surface area contributed by atoms with Crippen molar-refractivity contribution in [3.8, 4) is 0 Å². The van der Waals surface area contributed by atoms with Gasteiger partial charge in [-0.3, -0.25) is 9.59 Å². The summed E-state index contributed by atoms with van der Waals surface area (Å²) in [4.78, 5) is 37.4. The Balaban J connectivity index is 2.25. The van der Waals surface area contributed by atoms with Crippen LogP contribution in [0.1, 0.15) is 16.8 Å². The third kappa shape index (κ3) is 2.25. The smallest absolute Gasteiger partial charge is 0.326 e. The van der Waals surface area contributed by atoms with Crippen LogP contribution in [0.15, 0.2) is 23.1 Å². The number of hydrogen-bond donors (Lipinski definition) is 3. The lowest BCUT2D eigenvalue weighted by Gasteiger charge is -2.20. The van der Waals surface area contributed by atoms with E-state index in [4.69, 9.17) is 5.11 Å². The molecule has 1 aliphatic heterocycles. The predicted molar refractivity (Wildman–Crippen MR) is 60.1 cm³/mol. The Kier molecular flexibility index (Phi) is 3.15. The van der Waals surface area contributed by atoms with E-state index in [-0.39, 0.29) is 24.1 Å². The topological polar surface area (TPSA) is 111 Å². The molecule has 1 saturated heterocycles. The number of amides is 1. The van der Waals surface area contributed by atoms with Gasteiger partial charge in [-0.2, -0.15) is 0 Å². The number of aliphatic carboxylic acids is 1. The lowest BCUT2D eigenvalue weighted by molar-refractivity contribution is -0.141.